The molecule has 0 aromatic heterocycles. The van der Waals surface area contributed by atoms with Crippen LogP contribution in [0.15, 0.2) is 24.3 Å². The van der Waals surface area contributed by atoms with E-state index in [9.17, 15) is 4.79 Å². The summed E-state index contributed by atoms with van der Waals surface area (Å²) in [4.78, 5) is 11.9. The quantitative estimate of drug-likeness (QED) is 0.825. The van der Waals surface area contributed by atoms with Crippen molar-refractivity contribution < 1.29 is 4.79 Å². The third-order valence-corrected chi connectivity index (χ3v) is 3.70. The molecule has 2 N–H and O–H groups in total. The zero-order valence-electron chi connectivity index (χ0n) is 11.7. The van der Waals surface area contributed by atoms with E-state index in [2.05, 4.69) is 29.7 Å². The molecule has 1 saturated carbocycles. The molecule has 0 spiro atoms. The highest BCUT2D eigenvalue weighted by molar-refractivity contribution is 5.81. The zero-order valence-corrected chi connectivity index (χ0v) is 11.7. The summed E-state index contributed by atoms with van der Waals surface area (Å²) >= 11 is 0. The van der Waals surface area contributed by atoms with Crippen molar-refractivity contribution in [3.63, 3.8) is 0 Å². The maximum absolute atomic E-state index is 11.9. The lowest BCUT2D eigenvalue weighted by molar-refractivity contribution is -0.120. The van der Waals surface area contributed by atoms with Crippen molar-refractivity contribution in [1.29, 1.82) is 0 Å². The second kappa shape index (κ2) is 7.17. The summed E-state index contributed by atoms with van der Waals surface area (Å²) in [5.74, 6) is 0.109. The molecule has 3 heteroatoms. The molecule has 1 aliphatic rings. The Balaban J connectivity index is 1.82. The van der Waals surface area contributed by atoms with Crippen LogP contribution in [0, 0.1) is 0 Å². The number of rotatable bonds is 6. The summed E-state index contributed by atoms with van der Waals surface area (Å²) in [7, 11) is 0. The summed E-state index contributed by atoms with van der Waals surface area (Å²) in [6.45, 7) is 2.54. The van der Waals surface area contributed by atoms with E-state index in [0.29, 0.717) is 12.6 Å². The van der Waals surface area contributed by atoms with Gasteiger partial charge in [0.1, 0.15) is 0 Å². The lowest BCUT2D eigenvalue weighted by Gasteiger charge is -2.14. The summed E-state index contributed by atoms with van der Waals surface area (Å²) in [6, 6.07) is 8.64. The van der Waals surface area contributed by atoms with Crippen LogP contribution in [0.1, 0.15) is 44.6 Å². The van der Waals surface area contributed by atoms with Gasteiger partial charge in [-0.05, 0) is 30.9 Å². The third-order valence-electron chi connectivity index (χ3n) is 3.70. The molecule has 3 nitrogen and oxygen atoms in total. The Hall–Kier alpha value is -1.51. The van der Waals surface area contributed by atoms with E-state index in [1.54, 1.807) is 0 Å². The van der Waals surface area contributed by atoms with Gasteiger partial charge in [-0.3, -0.25) is 4.79 Å². The van der Waals surface area contributed by atoms with Crippen LogP contribution in [0.3, 0.4) is 0 Å². The van der Waals surface area contributed by atoms with Gasteiger partial charge in [0.05, 0.1) is 6.54 Å². The molecule has 0 saturated heterocycles. The highest BCUT2D eigenvalue weighted by Gasteiger charge is 2.16. The predicted molar refractivity (Wildman–Crippen MR) is 79.3 cm³/mol. The largest absolute Gasteiger partial charge is 0.376 e. The van der Waals surface area contributed by atoms with Crippen molar-refractivity contribution in [2.24, 2.45) is 0 Å². The number of benzene rings is 1. The Kier molecular flexibility index (Phi) is 5.25. The van der Waals surface area contributed by atoms with Gasteiger partial charge in [-0.1, -0.05) is 44.4 Å². The maximum atomic E-state index is 11.9. The second-order valence-electron chi connectivity index (χ2n) is 5.31. The van der Waals surface area contributed by atoms with E-state index in [0.717, 1.165) is 31.4 Å². The molecule has 0 atom stereocenters. The maximum Gasteiger partial charge on any atom is 0.239 e. The van der Waals surface area contributed by atoms with Crippen molar-refractivity contribution in [1.82, 2.24) is 5.32 Å². The number of aryl methyl sites for hydroxylation is 1. The topological polar surface area (TPSA) is 41.1 Å². The van der Waals surface area contributed by atoms with E-state index in [-0.39, 0.29) is 5.91 Å². The second-order valence-corrected chi connectivity index (χ2v) is 5.31. The number of carbonyl (C=O) groups is 1. The number of nitrogens with one attached hydrogen (secondary N) is 2. The standard InChI is InChI=1S/C16H24N2O/c1-2-7-13-8-3-6-11-15(13)17-12-16(19)18-14-9-4-5-10-14/h3,6,8,11,14,17H,2,4-5,7,9-10,12H2,1H3,(H,18,19). The molecule has 0 heterocycles. The molecule has 1 fully saturated rings. The molecular weight excluding hydrogens is 236 g/mol. The first-order valence-corrected chi connectivity index (χ1v) is 7.40. The van der Waals surface area contributed by atoms with E-state index < -0.39 is 0 Å². The molecular formula is C16H24N2O. The molecule has 1 aromatic carbocycles. The lowest BCUT2D eigenvalue weighted by Crippen LogP contribution is -2.36. The predicted octanol–water partition coefficient (Wildman–Crippen LogP) is 3.11. The Bertz CT molecular complexity index is 411. The monoisotopic (exact) mass is 260 g/mol. The van der Waals surface area contributed by atoms with Crippen molar-refractivity contribution in [3.05, 3.63) is 29.8 Å². The summed E-state index contributed by atoms with van der Waals surface area (Å²) in [6.07, 6.45) is 6.94. The van der Waals surface area contributed by atoms with Crippen molar-refractivity contribution in [3.8, 4) is 0 Å². The highest BCUT2D eigenvalue weighted by Crippen LogP contribution is 2.18. The van der Waals surface area contributed by atoms with Crippen LogP contribution >= 0.6 is 0 Å². The van der Waals surface area contributed by atoms with E-state index >= 15 is 0 Å². The highest BCUT2D eigenvalue weighted by atomic mass is 16.1. The van der Waals surface area contributed by atoms with Gasteiger partial charge in [0.15, 0.2) is 0 Å². The Morgan fingerprint density at radius 1 is 1.26 bits per heavy atom. The Labute approximate surface area is 115 Å². The number of para-hydroxylation sites is 1. The first kappa shape index (κ1) is 13.9. The SMILES string of the molecule is CCCc1ccccc1NCC(=O)NC1CCCC1. The molecule has 1 amide bonds. The smallest absolute Gasteiger partial charge is 0.239 e. The molecule has 0 unspecified atom stereocenters. The fraction of sp³-hybridized carbons (Fsp3) is 0.562. The molecule has 0 bridgehead atoms. The van der Waals surface area contributed by atoms with Crippen molar-refractivity contribution in [2.75, 3.05) is 11.9 Å². The molecule has 2 rings (SSSR count). The van der Waals surface area contributed by atoms with Gasteiger partial charge in [0, 0.05) is 11.7 Å². The van der Waals surface area contributed by atoms with Crippen LogP contribution in [0.5, 0.6) is 0 Å². The van der Waals surface area contributed by atoms with Gasteiger partial charge in [-0.25, -0.2) is 0 Å². The van der Waals surface area contributed by atoms with Gasteiger partial charge in [-0.2, -0.15) is 0 Å². The van der Waals surface area contributed by atoms with Crippen LogP contribution in [-0.4, -0.2) is 18.5 Å². The first-order valence-electron chi connectivity index (χ1n) is 7.40. The third kappa shape index (κ3) is 4.27. The molecule has 0 aliphatic heterocycles. The number of hydrogen-bond donors (Lipinski definition) is 2. The van der Waals surface area contributed by atoms with Crippen LogP contribution in [0.4, 0.5) is 5.69 Å². The zero-order chi connectivity index (χ0) is 13.5. The van der Waals surface area contributed by atoms with Crippen molar-refractivity contribution in [2.45, 2.75) is 51.5 Å². The normalized spacial score (nSPS) is 15.4. The minimum absolute atomic E-state index is 0.109. The Morgan fingerprint density at radius 3 is 2.74 bits per heavy atom. The van der Waals surface area contributed by atoms with E-state index in [1.807, 2.05) is 12.1 Å². The van der Waals surface area contributed by atoms with Crippen LogP contribution in [0.25, 0.3) is 0 Å². The average Bonchev–Trinajstić information content (AvgIpc) is 2.91. The first-order chi connectivity index (χ1) is 9.29. The summed E-state index contributed by atoms with van der Waals surface area (Å²) in [5, 5.41) is 6.36. The molecule has 19 heavy (non-hydrogen) atoms. The fourth-order valence-electron chi connectivity index (χ4n) is 2.70. The molecule has 1 aliphatic carbocycles. The number of hydrogen-bond acceptors (Lipinski definition) is 2. The molecule has 0 radical (unpaired) electrons. The van der Waals surface area contributed by atoms with Crippen molar-refractivity contribution >= 4 is 11.6 Å². The van der Waals surface area contributed by atoms with Gasteiger partial charge >= 0.3 is 0 Å². The van der Waals surface area contributed by atoms with E-state index in [1.165, 1.54) is 18.4 Å². The number of carbonyl (C=O) groups excluding carboxylic acids is 1. The average molecular weight is 260 g/mol. The fourth-order valence-corrected chi connectivity index (χ4v) is 2.70. The number of amides is 1. The lowest BCUT2D eigenvalue weighted by atomic mass is 10.1. The summed E-state index contributed by atoms with van der Waals surface area (Å²) in [5.41, 5.74) is 2.38. The summed E-state index contributed by atoms with van der Waals surface area (Å²) < 4.78 is 0. The van der Waals surface area contributed by atoms with Gasteiger partial charge < -0.3 is 10.6 Å². The van der Waals surface area contributed by atoms with Gasteiger partial charge in [0.25, 0.3) is 0 Å². The minimum Gasteiger partial charge on any atom is -0.376 e. The van der Waals surface area contributed by atoms with Crippen LogP contribution < -0.4 is 10.6 Å². The Morgan fingerprint density at radius 2 is 2.00 bits per heavy atom. The molecule has 1 aromatic rings. The van der Waals surface area contributed by atoms with Crippen LogP contribution in [-0.2, 0) is 11.2 Å². The van der Waals surface area contributed by atoms with Gasteiger partial charge in [0.2, 0.25) is 5.91 Å². The van der Waals surface area contributed by atoms with Crippen LogP contribution in [0.2, 0.25) is 0 Å². The van der Waals surface area contributed by atoms with E-state index in [4.69, 9.17) is 0 Å². The molecule has 104 valence electrons. The number of anilines is 1. The minimum atomic E-state index is 0.109. The van der Waals surface area contributed by atoms with Gasteiger partial charge in [-0.15, -0.1) is 0 Å².